The van der Waals surface area contributed by atoms with E-state index in [-0.39, 0.29) is 6.61 Å². The summed E-state index contributed by atoms with van der Waals surface area (Å²) >= 11 is 1.61. The molecule has 18 heavy (non-hydrogen) atoms. The van der Waals surface area contributed by atoms with Crippen LogP contribution in [-0.2, 0) is 6.61 Å². The van der Waals surface area contributed by atoms with Crippen LogP contribution in [0, 0.1) is 0 Å². The Balaban J connectivity index is 2.00. The van der Waals surface area contributed by atoms with E-state index >= 15 is 0 Å². The van der Waals surface area contributed by atoms with Crippen LogP contribution < -0.4 is 4.90 Å². The minimum absolute atomic E-state index is 0.0340. The summed E-state index contributed by atoms with van der Waals surface area (Å²) in [6, 6.07) is 0.429. The van der Waals surface area contributed by atoms with Crippen molar-refractivity contribution in [3.8, 4) is 0 Å². The standard InChI is InChI=1S/C12H18N4OS/c1-9-7-14(2)3-4-15(9)11-10(8-17)16-5-6-18-12(16)13-11/h5-6,9,17H,3-4,7-8H2,1-2H3. The first-order valence-corrected chi connectivity index (χ1v) is 7.09. The normalized spacial score (nSPS) is 21.9. The van der Waals surface area contributed by atoms with Crippen molar-refractivity contribution in [2.24, 2.45) is 0 Å². The average Bonchev–Trinajstić information content (AvgIpc) is 2.88. The Bertz CT molecular complexity index is 549. The maximum Gasteiger partial charge on any atom is 0.195 e. The summed E-state index contributed by atoms with van der Waals surface area (Å²) in [7, 11) is 2.15. The van der Waals surface area contributed by atoms with Crippen LogP contribution in [0.25, 0.3) is 4.96 Å². The third kappa shape index (κ3) is 1.81. The van der Waals surface area contributed by atoms with Gasteiger partial charge in [0.1, 0.15) is 0 Å². The zero-order valence-electron chi connectivity index (χ0n) is 10.7. The summed E-state index contributed by atoms with van der Waals surface area (Å²) in [5, 5.41) is 11.6. The summed E-state index contributed by atoms with van der Waals surface area (Å²) in [5.41, 5.74) is 0.905. The molecule has 0 aromatic carbocycles. The van der Waals surface area contributed by atoms with Crippen molar-refractivity contribution in [3.05, 3.63) is 17.3 Å². The number of thiazole rings is 1. The first-order chi connectivity index (χ1) is 8.70. The van der Waals surface area contributed by atoms with Gasteiger partial charge < -0.3 is 14.9 Å². The van der Waals surface area contributed by atoms with E-state index in [2.05, 4.69) is 28.8 Å². The highest BCUT2D eigenvalue weighted by atomic mass is 32.1. The van der Waals surface area contributed by atoms with E-state index in [0.29, 0.717) is 6.04 Å². The lowest BCUT2D eigenvalue weighted by atomic mass is 10.2. The molecular weight excluding hydrogens is 248 g/mol. The lowest BCUT2D eigenvalue weighted by Crippen LogP contribution is -2.51. The maximum atomic E-state index is 9.60. The number of piperazine rings is 1. The highest BCUT2D eigenvalue weighted by molar-refractivity contribution is 7.15. The molecule has 0 aliphatic carbocycles. The van der Waals surface area contributed by atoms with Gasteiger partial charge in [0, 0.05) is 37.3 Å². The maximum absolute atomic E-state index is 9.60. The molecule has 0 amide bonds. The van der Waals surface area contributed by atoms with Gasteiger partial charge in [-0.15, -0.1) is 11.3 Å². The molecule has 1 atom stereocenters. The van der Waals surface area contributed by atoms with Crippen LogP contribution in [0.3, 0.4) is 0 Å². The number of likely N-dealkylation sites (N-methyl/N-ethyl adjacent to an activating group) is 1. The monoisotopic (exact) mass is 266 g/mol. The largest absolute Gasteiger partial charge is 0.390 e. The Labute approximate surface area is 110 Å². The van der Waals surface area contributed by atoms with Gasteiger partial charge in [0.05, 0.1) is 12.3 Å². The zero-order chi connectivity index (χ0) is 12.7. The van der Waals surface area contributed by atoms with E-state index in [4.69, 9.17) is 0 Å². The molecule has 0 spiro atoms. The number of rotatable bonds is 2. The van der Waals surface area contributed by atoms with Gasteiger partial charge in [-0.05, 0) is 14.0 Å². The summed E-state index contributed by atoms with van der Waals surface area (Å²) in [5.74, 6) is 0.949. The van der Waals surface area contributed by atoms with Crippen molar-refractivity contribution in [3.63, 3.8) is 0 Å². The van der Waals surface area contributed by atoms with E-state index in [1.165, 1.54) is 0 Å². The molecule has 0 radical (unpaired) electrons. The van der Waals surface area contributed by atoms with Crippen LogP contribution in [-0.4, -0.2) is 52.1 Å². The molecule has 5 nitrogen and oxygen atoms in total. The Morgan fingerprint density at radius 3 is 3.06 bits per heavy atom. The summed E-state index contributed by atoms with van der Waals surface area (Å²) in [6.07, 6.45) is 1.97. The Hall–Kier alpha value is -1.11. The predicted molar refractivity (Wildman–Crippen MR) is 73.3 cm³/mol. The third-order valence-corrected chi connectivity index (χ3v) is 4.35. The molecule has 98 valence electrons. The number of imidazole rings is 1. The molecule has 3 heterocycles. The molecule has 1 fully saturated rings. The van der Waals surface area contributed by atoms with E-state index in [1.54, 1.807) is 11.3 Å². The van der Waals surface area contributed by atoms with E-state index in [9.17, 15) is 5.11 Å². The summed E-state index contributed by atoms with van der Waals surface area (Å²) < 4.78 is 1.99. The minimum Gasteiger partial charge on any atom is -0.390 e. The molecule has 2 aromatic heterocycles. The van der Waals surface area contributed by atoms with Gasteiger partial charge in [-0.3, -0.25) is 4.40 Å². The highest BCUT2D eigenvalue weighted by Crippen LogP contribution is 2.27. The number of hydrogen-bond acceptors (Lipinski definition) is 5. The van der Waals surface area contributed by atoms with Gasteiger partial charge in [-0.25, -0.2) is 4.98 Å². The smallest absolute Gasteiger partial charge is 0.195 e. The van der Waals surface area contributed by atoms with E-state index in [0.717, 1.165) is 36.1 Å². The fraction of sp³-hybridized carbons (Fsp3) is 0.583. The fourth-order valence-corrected chi connectivity index (χ4v) is 3.38. The molecule has 3 rings (SSSR count). The summed E-state index contributed by atoms with van der Waals surface area (Å²) in [6.45, 7) is 5.29. The van der Waals surface area contributed by atoms with Crippen molar-refractivity contribution in [1.82, 2.24) is 14.3 Å². The molecular formula is C12H18N4OS. The van der Waals surface area contributed by atoms with Crippen LogP contribution in [0.15, 0.2) is 11.6 Å². The lowest BCUT2D eigenvalue weighted by molar-refractivity contribution is 0.265. The fourth-order valence-electron chi connectivity index (χ4n) is 2.65. The Kier molecular flexibility index (Phi) is 3.01. The molecule has 1 saturated heterocycles. The van der Waals surface area contributed by atoms with E-state index < -0.39 is 0 Å². The van der Waals surface area contributed by atoms with Crippen LogP contribution >= 0.6 is 11.3 Å². The van der Waals surface area contributed by atoms with Crippen molar-refractivity contribution in [1.29, 1.82) is 0 Å². The molecule has 1 aliphatic rings. The molecule has 1 unspecified atom stereocenters. The second kappa shape index (κ2) is 4.53. The Morgan fingerprint density at radius 1 is 1.50 bits per heavy atom. The highest BCUT2D eigenvalue weighted by Gasteiger charge is 2.26. The van der Waals surface area contributed by atoms with Crippen molar-refractivity contribution < 1.29 is 5.11 Å². The summed E-state index contributed by atoms with van der Waals surface area (Å²) in [4.78, 5) is 10.3. The number of fused-ring (bicyclic) bond motifs is 1. The first-order valence-electron chi connectivity index (χ1n) is 6.21. The molecule has 2 aromatic rings. The van der Waals surface area contributed by atoms with Crippen molar-refractivity contribution in [2.75, 3.05) is 31.6 Å². The van der Waals surface area contributed by atoms with Gasteiger partial charge in [0.25, 0.3) is 0 Å². The lowest BCUT2D eigenvalue weighted by Gasteiger charge is -2.38. The van der Waals surface area contributed by atoms with Crippen LogP contribution in [0.2, 0.25) is 0 Å². The van der Waals surface area contributed by atoms with Crippen molar-refractivity contribution >= 4 is 22.1 Å². The van der Waals surface area contributed by atoms with Gasteiger partial charge in [0.2, 0.25) is 0 Å². The van der Waals surface area contributed by atoms with Crippen LogP contribution in [0.5, 0.6) is 0 Å². The van der Waals surface area contributed by atoms with Gasteiger partial charge in [-0.2, -0.15) is 0 Å². The SMILES string of the molecule is CC1CN(C)CCN1c1nc2sccn2c1CO. The van der Waals surface area contributed by atoms with Crippen LogP contribution in [0.4, 0.5) is 5.82 Å². The number of anilines is 1. The molecule has 0 bridgehead atoms. The molecule has 1 aliphatic heterocycles. The number of aliphatic hydroxyl groups is 1. The number of hydrogen-bond donors (Lipinski definition) is 1. The second-order valence-corrected chi connectivity index (χ2v) is 5.77. The zero-order valence-corrected chi connectivity index (χ0v) is 11.5. The number of aromatic nitrogens is 2. The van der Waals surface area contributed by atoms with E-state index in [1.807, 2.05) is 16.0 Å². The first kappa shape index (κ1) is 12.0. The van der Waals surface area contributed by atoms with Crippen molar-refractivity contribution in [2.45, 2.75) is 19.6 Å². The molecule has 6 heteroatoms. The minimum atomic E-state index is 0.0340. The van der Waals surface area contributed by atoms with Gasteiger partial charge in [-0.1, -0.05) is 0 Å². The number of aliphatic hydroxyl groups excluding tert-OH is 1. The van der Waals surface area contributed by atoms with Gasteiger partial charge in [0.15, 0.2) is 10.8 Å². The Morgan fingerprint density at radius 2 is 2.33 bits per heavy atom. The second-order valence-electron chi connectivity index (χ2n) is 4.90. The third-order valence-electron chi connectivity index (χ3n) is 3.59. The number of nitrogens with zero attached hydrogens (tertiary/aromatic N) is 4. The van der Waals surface area contributed by atoms with Gasteiger partial charge >= 0.3 is 0 Å². The van der Waals surface area contributed by atoms with Crippen LogP contribution in [0.1, 0.15) is 12.6 Å². The quantitative estimate of drug-likeness (QED) is 0.882. The molecule has 0 saturated carbocycles. The topological polar surface area (TPSA) is 44.0 Å². The predicted octanol–water partition coefficient (Wildman–Crippen LogP) is 1.03. The molecule has 1 N–H and O–H groups in total. The average molecular weight is 266 g/mol.